The molecule has 1 amide bonds. The van der Waals surface area contributed by atoms with E-state index in [4.69, 9.17) is 0 Å². The largest absolute Gasteiger partial charge is 0.355 e. The first-order valence-electron chi connectivity index (χ1n) is 10.2. The Hall–Kier alpha value is -2.59. The van der Waals surface area contributed by atoms with Crippen molar-refractivity contribution in [3.05, 3.63) is 23.0 Å². The molecule has 2 N–H and O–H groups in total. The number of aldehydes is 1. The smallest absolute Gasteiger partial charge is 0.234 e. The minimum atomic E-state index is 0.0895. The van der Waals surface area contributed by atoms with Gasteiger partial charge in [-0.25, -0.2) is 15.0 Å². The summed E-state index contributed by atoms with van der Waals surface area (Å²) in [6.45, 7) is 10.5. The highest BCUT2D eigenvalue weighted by Crippen LogP contribution is 2.23. The van der Waals surface area contributed by atoms with Gasteiger partial charge in [0.1, 0.15) is 17.5 Å². The number of aromatic nitrogens is 3. The number of nitrogens with zero attached hydrogens (tertiary/aromatic N) is 5. The Morgan fingerprint density at radius 2 is 2.03 bits per heavy atom. The molecule has 162 valence electrons. The van der Waals surface area contributed by atoms with Crippen LogP contribution in [0.1, 0.15) is 35.8 Å². The van der Waals surface area contributed by atoms with E-state index in [0.29, 0.717) is 34.1 Å². The van der Waals surface area contributed by atoms with Gasteiger partial charge in [-0.05, 0) is 19.3 Å². The Balaban J connectivity index is 1.53. The third kappa shape index (κ3) is 6.46. The highest BCUT2D eigenvalue weighted by molar-refractivity contribution is 7.17. The maximum Gasteiger partial charge on any atom is 0.234 e. The highest BCUT2D eigenvalue weighted by Gasteiger charge is 2.21. The number of aryl methyl sites for hydroxylation is 1. The van der Waals surface area contributed by atoms with E-state index < -0.39 is 0 Å². The van der Waals surface area contributed by atoms with E-state index in [1.165, 1.54) is 17.5 Å². The predicted octanol–water partition coefficient (Wildman–Crippen LogP) is 2.08. The summed E-state index contributed by atoms with van der Waals surface area (Å²) in [6, 6.07) is 1.89. The van der Waals surface area contributed by atoms with Crippen LogP contribution in [0.15, 0.2) is 12.3 Å². The molecule has 0 radical (unpaired) electrons. The Bertz CT molecular complexity index is 863. The summed E-state index contributed by atoms with van der Waals surface area (Å²) in [5.74, 6) is 2.84. The number of amides is 1. The molecule has 2 aromatic heterocycles. The average molecular weight is 432 g/mol. The molecule has 3 heterocycles. The monoisotopic (exact) mass is 431 g/mol. The van der Waals surface area contributed by atoms with Crippen LogP contribution in [-0.4, -0.2) is 71.3 Å². The second-order valence-corrected chi connectivity index (χ2v) is 8.83. The van der Waals surface area contributed by atoms with E-state index in [2.05, 4.69) is 49.2 Å². The lowest BCUT2D eigenvalue weighted by atomic mass is 10.1. The van der Waals surface area contributed by atoms with Crippen molar-refractivity contribution in [1.29, 1.82) is 0 Å². The Kier molecular flexibility index (Phi) is 7.69. The van der Waals surface area contributed by atoms with Gasteiger partial charge in [-0.1, -0.05) is 25.2 Å². The van der Waals surface area contributed by atoms with Crippen molar-refractivity contribution in [3.63, 3.8) is 0 Å². The zero-order chi connectivity index (χ0) is 21.5. The SMILES string of the molecule is Cc1nc(Nc2ncc(C=O)s2)cc(N2CCN(CC(=O)NCCC(C)C)CC2)n1. The maximum absolute atomic E-state index is 12.1. The topological polar surface area (TPSA) is 103 Å². The van der Waals surface area contributed by atoms with Gasteiger partial charge in [0.25, 0.3) is 0 Å². The number of thiazole rings is 1. The lowest BCUT2D eigenvalue weighted by molar-refractivity contribution is -0.122. The van der Waals surface area contributed by atoms with Gasteiger partial charge in [-0.2, -0.15) is 0 Å². The normalized spacial score (nSPS) is 14.7. The zero-order valence-corrected chi connectivity index (χ0v) is 18.5. The summed E-state index contributed by atoms with van der Waals surface area (Å²) >= 11 is 1.28. The Labute approximate surface area is 180 Å². The molecule has 0 atom stereocenters. The van der Waals surface area contributed by atoms with Crippen LogP contribution in [0.3, 0.4) is 0 Å². The van der Waals surface area contributed by atoms with Gasteiger partial charge in [0.05, 0.1) is 17.6 Å². The van der Waals surface area contributed by atoms with Crippen LogP contribution in [0.2, 0.25) is 0 Å². The highest BCUT2D eigenvalue weighted by atomic mass is 32.1. The van der Waals surface area contributed by atoms with Gasteiger partial charge in [-0.15, -0.1) is 0 Å². The minimum absolute atomic E-state index is 0.0895. The van der Waals surface area contributed by atoms with Gasteiger partial charge in [0.15, 0.2) is 11.4 Å². The number of hydrogen-bond acceptors (Lipinski definition) is 9. The van der Waals surface area contributed by atoms with Crippen LogP contribution in [0.25, 0.3) is 0 Å². The number of piperazine rings is 1. The van der Waals surface area contributed by atoms with Crippen LogP contribution in [-0.2, 0) is 4.79 Å². The lowest BCUT2D eigenvalue weighted by Gasteiger charge is -2.35. The van der Waals surface area contributed by atoms with Crippen LogP contribution >= 0.6 is 11.3 Å². The molecular weight excluding hydrogens is 402 g/mol. The van der Waals surface area contributed by atoms with Crippen molar-refractivity contribution in [2.45, 2.75) is 27.2 Å². The molecule has 1 saturated heterocycles. The van der Waals surface area contributed by atoms with Crippen LogP contribution in [0.4, 0.5) is 16.8 Å². The molecule has 9 nitrogen and oxygen atoms in total. The molecule has 30 heavy (non-hydrogen) atoms. The summed E-state index contributed by atoms with van der Waals surface area (Å²) in [5.41, 5.74) is 0. The van der Waals surface area contributed by atoms with Crippen molar-refractivity contribution in [2.24, 2.45) is 5.92 Å². The molecule has 1 aliphatic heterocycles. The first kappa shape index (κ1) is 22.1. The maximum atomic E-state index is 12.1. The summed E-state index contributed by atoms with van der Waals surface area (Å²) in [4.78, 5) is 41.1. The Morgan fingerprint density at radius 1 is 1.27 bits per heavy atom. The number of carbonyl (C=O) groups excluding carboxylic acids is 2. The van der Waals surface area contributed by atoms with Gasteiger partial charge in [0.2, 0.25) is 5.91 Å². The Morgan fingerprint density at radius 3 is 2.70 bits per heavy atom. The second-order valence-electron chi connectivity index (χ2n) is 7.76. The van der Waals surface area contributed by atoms with Crippen molar-refractivity contribution < 1.29 is 9.59 Å². The predicted molar refractivity (Wildman–Crippen MR) is 119 cm³/mol. The number of hydrogen-bond donors (Lipinski definition) is 2. The number of rotatable bonds is 9. The van der Waals surface area contributed by atoms with E-state index >= 15 is 0 Å². The minimum Gasteiger partial charge on any atom is -0.355 e. The molecule has 2 aromatic rings. The molecule has 10 heteroatoms. The number of carbonyl (C=O) groups is 2. The van der Waals surface area contributed by atoms with E-state index in [0.717, 1.165) is 51.2 Å². The molecule has 0 aliphatic carbocycles. The molecule has 0 aromatic carbocycles. The van der Waals surface area contributed by atoms with Gasteiger partial charge in [0, 0.05) is 38.8 Å². The fourth-order valence-corrected chi connectivity index (χ4v) is 3.82. The van der Waals surface area contributed by atoms with E-state index in [1.54, 1.807) is 0 Å². The van der Waals surface area contributed by atoms with Crippen LogP contribution in [0.5, 0.6) is 0 Å². The molecule has 1 fully saturated rings. The van der Waals surface area contributed by atoms with Crippen molar-refractivity contribution in [1.82, 2.24) is 25.2 Å². The van der Waals surface area contributed by atoms with Crippen molar-refractivity contribution in [2.75, 3.05) is 49.5 Å². The van der Waals surface area contributed by atoms with Gasteiger partial charge >= 0.3 is 0 Å². The molecular formula is C20H29N7O2S. The van der Waals surface area contributed by atoms with Crippen molar-refractivity contribution in [3.8, 4) is 0 Å². The first-order chi connectivity index (χ1) is 14.4. The fourth-order valence-electron chi connectivity index (χ4n) is 3.18. The van der Waals surface area contributed by atoms with Crippen LogP contribution in [0, 0.1) is 12.8 Å². The standard InChI is InChI=1S/C20H29N7O2S/c1-14(2)4-5-21-19(29)12-26-6-8-27(9-7-26)18-10-17(23-15(3)24-18)25-20-22-11-16(13-28)30-20/h10-11,13-14H,4-9,12H2,1-3H3,(H,21,29)(H,22,23,24,25). The number of nitrogens with one attached hydrogen (secondary N) is 2. The molecule has 0 saturated carbocycles. The van der Waals surface area contributed by atoms with E-state index in [1.807, 2.05) is 13.0 Å². The third-order valence-electron chi connectivity index (χ3n) is 4.81. The molecule has 0 spiro atoms. The number of anilines is 3. The third-order valence-corrected chi connectivity index (χ3v) is 5.64. The first-order valence-corrected chi connectivity index (χ1v) is 11.0. The molecule has 0 bridgehead atoms. The summed E-state index contributed by atoms with van der Waals surface area (Å²) < 4.78 is 0. The molecule has 1 aliphatic rings. The van der Waals surface area contributed by atoms with Crippen molar-refractivity contribution >= 4 is 40.3 Å². The molecule has 3 rings (SSSR count). The quantitative estimate of drug-likeness (QED) is 0.582. The van der Waals surface area contributed by atoms with E-state index in [9.17, 15) is 9.59 Å². The van der Waals surface area contributed by atoms with Gasteiger partial charge in [-0.3, -0.25) is 14.5 Å². The molecule has 0 unspecified atom stereocenters. The summed E-state index contributed by atoms with van der Waals surface area (Å²) in [7, 11) is 0. The zero-order valence-electron chi connectivity index (χ0n) is 17.7. The van der Waals surface area contributed by atoms with Crippen LogP contribution < -0.4 is 15.5 Å². The fraction of sp³-hybridized carbons (Fsp3) is 0.550. The summed E-state index contributed by atoms with van der Waals surface area (Å²) in [6.07, 6.45) is 3.32. The van der Waals surface area contributed by atoms with E-state index in [-0.39, 0.29) is 5.91 Å². The van der Waals surface area contributed by atoms with Gasteiger partial charge < -0.3 is 15.5 Å². The summed E-state index contributed by atoms with van der Waals surface area (Å²) in [5, 5.41) is 6.77. The lowest BCUT2D eigenvalue weighted by Crippen LogP contribution is -2.49. The average Bonchev–Trinajstić information content (AvgIpc) is 3.15. The second kappa shape index (κ2) is 10.4.